The van der Waals surface area contributed by atoms with Crippen molar-refractivity contribution in [3.8, 4) is 33.8 Å². The van der Waals surface area contributed by atoms with Crippen molar-refractivity contribution < 1.29 is 27.4 Å². The van der Waals surface area contributed by atoms with Crippen molar-refractivity contribution in [1.82, 2.24) is 0 Å². The van der Waals surface area contributed by atoms with Crippen LogP contribution in [0.1, 0.15) is 49.0 Å². The van der Waals surface area contributed by atoms with Gasteiger partial charge in [-0.05, 0) is 60.7 Å². The first-order chi connectivity index (χ1) is 18.4. The van der Waals surface area contributed by atoms with Crippen LogP contribution in [0.4, 0.5) is 13.2 Å². The number of aryl methyl sites for hydroxylation is 1. The molecule has 4 rings (SSSR count). The molecule has 4 aromatic carbocycles. The van der Waals surface area contributed by atoms with Crippen LogP contribution in [-0.4, -0.2) is 12.6 Å². The van der Waals surface area contributed by atoms with E-state index in [9.17, 15) is 9.18 Å². The summed E-state index contributed by atoms with van der Waals surface area (Å²) in [5.74, 6) is -3.15. The number of esters is 1. The van der Waals surface area contributed by atoms with Gasteiger partial charge in [0.25, 0.3) is 0 Å². The first kappa shape index (κ1) is 27.0. The van der Waals surface area contributed by atoms with Gasteiger partial charge in [0.15, 0.2) is 23.2 Å². The minimum Gasteiger partial charge on any atom is -0.491 e. The third-order valence-electron chi connectivity index (χ3n) is 6.26. The second kappa shape index (κ2) is 12.5. The molecule has 0 aromatic heterocycles. The van der Waals surface area contributed by atoms with E-state index in [-0.39, 0.29) is 28.2 Å². The van der Waals surface area contributed by atoms with Crippen molar-refractivity contribution in [2.24, 2.45) is 0 Å². The Morgan fingerprint density at radius 1 is 0.737 bits per heavy atom. The number of hydrogen-bond acceptors (Lipinski definition) is 3. The monoisotopic (exact) mass is 518 g/mol. The van der Waals surface area contributed by atoms with Gasteiger partial charge in [0.2, 0.25) is 0 Å². The van der Waals surface area contributed by atoms with E-state index in [2.05, 4.69) is 6.92 Å². The largest absolute Gasteiger partial charge is 0.491 e. The predicted molar refractivity (Wildman–Crippen MR) is 143 cm³/mol. The SMILES string of the molecule is CCCCCc1ccc(-c2ccc(-c3ccc(C(=O)Oc4ccc(OCC)c(F)c4)cc3)c(F)c2F)cc1. The van der Waals surface area contributed by atoms with E-state index in [0.29, 0.717) is 17.7 Å². The van der Waals surface area contributed by atoms with Gasteiger partial charge in [-0.2, -0.15) is 0 Å². The molecule has 0 N–H and O–H groups in total. The lowest BCUT2D eigenvalue weighted by Crippen LogP contribution is -2.08. The van der Waals surface area contributed by atoms with Gasteiger partial charge >= 0.3 is 5.97 Å². The lowest BCUT2D eigenvalue weighted by Gasteiger charge is -2.11. The van der Waals surface area contributed by atoms with Crippen molar-refractivity contribution in [3.63, 3.8) is 0 Å². The number of unbranched alkanes of at least 4 members (excludes halogenated alkanes) is 2. The molecule has 6 heteroatoms. The van der Waals surface area contributed by atoms with Gasteiger partial charge in [-0.15, -0.1) is 0 Å². The second-order valence-electron chi connectivity index (χ2n) is 8.93. The maximum absolute atomic E-state index is 15.1. The van der Waals surface area contributed by atoms with E-state index >= 15 is 8.78 Å². The summed E-state index contributed by atoms with van der Waals surface area (Å²) < 4.78 is 54.5. The van der Waals surface area contributed by atoms with Crippen LogP contribution in [0.25, 0.3) is 22.3 Å². The molecule has 3 nitrogen and oxygen atoms in total. The fourth-order valence-corrected chi connectivity index (χ4v) is 4.19. The Hall–Kier alpha value is -4.06. The number of rotatable bonds is 10. The number of ether oxygens (including phenoxy) is 2. The van der Waals surface area contributed by atoms with Crippen LogP contribution in [0.15, 0.2) is 78.9 Å². The average Bonchev–Trinajstić information content (AvgIpc) is 2.92. The molecular formula is C32H29F3O3. The van der Waals surface area contributed by atoms with Crippen LogP contribution in [0.3, 0.4) is 0 Å². The van der Waals surface area contributed by atoms with E-state index in [4.69, 9.17) is 9.47 Å². The van der Waals surface area contributed by atoms with Crippen LogP contribution >= 0.6 is 0 Å². The summed E-state index contributed by atoms with van der Waals surface area (Å²) in [4.78, 5) is 12.5. The third-order valence-corrected chi connectivity index (χ3v) is 6.26. The van der Waals surface area contributed by atoms with E-state index in [1.165, 1.54) is 48.0 Å². The van der Waals surface area contributed by atoms with Crippen LogP contribution in [0.2, 0.25) is 0 Å². The molecule has 196 valence electrons. The number of halogens is 3. The van der Waals surface area contributed by atoms with Crippen LogP contribution in [0.5, 0.6) is 11.5 Å². The fraction of sp³-hybridized carbons (Fsp3) is 0.219. The molecule has 0 aliphatic rings. The molecule has 38 heavy (non-hydrogen) atoms. The second-order valence-corrected chi connectivity index (χ2v) is 8.93. The van der Waals surface area contributed by atoms with Crippen molar-refractivity contribution in [2.45, 2.75) is 39.5 Å². The Labute approximate surface area is 220 Å². The molecule has 0 amide bonds. The molecule has 0 spiro atoms. The molecule has 0 aliphatic heterocycles. The van der Waals surface area contributed by atoms with Gasteiger partial charge in [0, 0.05) is 17.2 Å². The van der Waals surface area contributed by atoms with E-state index < -0.39 is 23.4 Å². The van der Waals surface area contributed by atoms with Gasteiger partial charge < -0.3 is 9.47 Å². The summed E-state index contributed by atoms with van der Waals surface area (Å²) in [5.41, 5.74) is 2.63. The highest BCUT2D eigenvalue weighted by Crippen LogP contribution is 2.32. The fourth-order valence-electron chi connectivity index (χ4n) is 4.19. The van der Waals surface area contributed by atoms with E-state index in [1.54, 1.807) is 13.0 Å². The Bertz CT molecular complexity index is 1400. The maximum atomic E-state index is 15.1. The summed E-state index contributed by atoms with van der Waals surface area (Å²) >= 11 is 0. The summed E-state index contributed by atoms with van der Waals surface area (Å²) in [6, 6.07) is 20.4. The molecule has 0 unspecified atom stereocenters. The molecule has 0 saturated carbocycles. The Morgan fingerprint density at radius 3 is 1.89 bits per heavy atom. The number of carbonyl (C=O) groups excluding carboxylic acids is 1. The molecule has 0 fully saturated rings. The Kier molecular flexibility index (Phi) is 8.85. The zero-order valence-electron chi connectivity index (χ0n) is 21.4. The van der Waals surface area contributed by atoms with Crippen molar-refractivity contribution in [1.29, 1.82) is 0 Å². The van der Waals surface area contributed by atoms with Crippen molar-refractivity contribution in [3.05, 3.63) is 107 Å². The maximum Gasteiger partial charge on any atom is 0.343 e. The Morgan fingerprint density at radius 2 is 1.34 bits per heavy atom. The van der Waals surface area contributed by atoms with E-state index in [0.717, 1.165) is 31.7 Å². The van der Waals surface area contributed by atoms with Gasteiger partial charge in [-0.1, -0.05) is 68.3 Å². The quantitative estimate of drug-likeness (QED) is 0.120. The van der Waals surface area contributed by atoms with Crippen LogP contribution in [0, 0.1) is 17.5 Å². The summed E-state index contributed by atoms with van der Waals surface area (Å²) in [6.07, 6.45) is 4.37. The smallest absolute Gasteiger partial charge is 0.343 e. The minimum atomic E-state index is -0.963. The highest BCUT2D eigenvalue weighted by molar-refractivity contribution is 5.91. The minimum absolute atomic E-state index is 0.0257. The molecule has 0 aliphatic carbocycles. The summed E-state index contributed by atoms with van der Waals surface area (Å²) in [5, 5.41) is 0. The third kappa shape index (κ3) is 6.25. The molecule has 4 aromatic rings. The van der Waals surface area contributed by atoms with Gasteiger partial charge in [0.1, 0.15) is 5.75 Å². The molecule has 0 atom stereocenters. The molecule has 0 radical (unpaired) electrons. The molecule has 0 saturated heterocycles. The molecular weight excluding hydrogens is 489 g/mol. The summed E-state index contributed by atoms with van der Waals surface area (Å²) in [6.45, 7) is 4.20. The van der Waals surface area contributed by atoms with Crippen LogP contribution < -0.4 is 9.47 Å². The lowest BCUT2D eigenvalue weighted by molar-refractivity contribution is 0.0734. The topological polar surface area (TPSA) is 35.5 Å². The highest BCUT2D eigenvalue weighted by Gasteiger charge is 2.17. The van der Waals surface area contributed by atoms with Gasteiger partial charge in [0.05, 0.1) is 12.2 Å². The standard InChI is InChI=1S/C32H29F3O3/c1-3-5-6-7-21-8-10-22(11-9-21)26-17-18-27(31(35)30(26)34)23-12-14-24(15-13-23)32(36)38-25-16-19-29(37-4-2)28(33)20-25/h8-20H,3-7H2,1-2H3. The Balaban J connectivity index is 1.48. The predicted octanol–water partition coefficient (Wildman–Crippen LogP) is 8.79. The molecule has 0 heterocycles. The highest BCUT2D eigenvalue weighted by atomic mass is 19.2. The number of benzene rings is 4. The van der Waals surface area contributed by atoms with Crippen molar-refractivity contribution in [2.75, 3.05) is 6.61 Å². The number of hydrogen-bond donors (Lipinski definition) is 0. The van der Waals surface area contributed by atoms with Crippen LogP contribution in [-0.2, 0) is 6.42 Å². The zero-order valence-corrected chi connectivity index (χ0v) is 21.4. The molecule has 0 bridgehead atoms. The zero-order chi connectivity index (χ0) is 27.1. The normalized spacial score (nSPS) is 10.9. The van der Waals surface area contributed by atoms with E-state index in [1.807, 2.05) is 24.3 Å². The summed E-state index contributed by atoms with van der Waals surface area (Å²) in [7, 11) is 0. The first-order valence-electron chi connectivity index (χ1n) is 12.7. The van der Waals surface area contributed by atoms with Crippen molar-refractivity contribution >= 4 is 5.97 Å². The lowest BCUT2D eigenvalue weighted by atomic mass is 9.97. The average molecular weight is 519 g/mol. The number of carbonyl (C=O) groups is 1. The van der Waals surface area contributed by atoms with Gasteiger partial charge in [-0.3, -0.25) is 0 Å². The van der Waals surface area contributed by atoms with Gasteiger partial charge in [-0.25, -0.2) is 18.0 Å². The first-order valence-corrected chi connectivity index (χ1v) is 12.7.